The van der Waals surface area contributed by atoms with Crippen LogP contribution in [0.5, 0.6) is 5.75 Å². The number of carbonyl (C=O) groups is 1. The van der Waals surface area contributed by atoms with Crippen LogP contribution in [0.15, 0.2) is 18.2 Å². The lowest BCUT2D eigenvalue weighted by Gasteiger charge is -2.18. The van der Waals surface area contributed by atoms with E-state index in [1.165, 1.54) is 0 Å². The van der Waals surface area contributed by atoms with Gasteiger partial charge in [0.2, 0.25) is 0 Å². The summed E-state index contributed by atoms with van der Waals surface area (Å²) in [6.07, 6.45) is 0. The maximum absolute atomic E-state index is 11.9. The van der Waals surface area contributed by atoms with Crippen molar-refractivity contribution in [2.45, 2.75) is 13.1 Å². The largest absolute Gasteiger partial charge is 0.496 e. The fourth-order valence-electron chi connectivity index (χ4n) is 2.14. The molecule has 1 fully saturated rings. The Morgan fingerprint density at radius 3 is 2.72 bits per heavy atom. The first-order valence-corrected chi connectivity index (χ1v) is 6.01. The van der Waals surface area contributed by atoms with Crippen LogP contribution in [0.25, 0.3) is 0 Å². The molecule has 0 unspecified atom stereocenters. The maximum Gasteiger partial charge on any atom is 0.320 e. The van der Waals surface area contributed by atoms with Crippen LogP contribution in [0, 0.1) is 0 Å². The quantitative estimate of drug-likeness (QED) is 0.866. The summed E-state index contributed by atoms with van der Waals surface area (Å²) >= 11 is 0. The molecule has 5 nitrogen and oxygen atoms in total. The summed E-state index contributed by atoms with van der Waals surface area (Å²) in [5.74, 6) is 0.801. The molecule has 0 aromatic heterocycles. The highest BCUT2D eigenvalue weighted by molar-refractivity contribution is 5.76. The van der Waals surface area contributed by atoms with Crippen molar-refractivity contribution < 1.29 is 9.53 Å². The maximum atomic E-state index is 11.9. The van der Waals surface area contributed by atoms with Gasteiger partial charge in [0.25, 0.3) is 0 Å². The molecule has 5 heteroatoms. The average molecular weight is 249 g/mol. The van der Waals surface area contributed by atoms with Crippen LogP contribution in [0.4, 0.5) is 4.79 Å². The van der Waals surface area contributed by atoms with E-state index in [-0.39, 0.29) is 6.03 Å². The summed E-state index contributed by atoms with van der Waals surface area (Å²) in [4.78, 5) is 15.4. The van der Waals surface area contributed by atoms with Gasteiger partial charge >= 0.3 is 6.03 Å². The summed E-state index contributed by atoms with van der Waals surface area (Å²) in [6.45, 7) is 2.59. The Hall–Kier alpha value is -1.75. The number of methoxy groups -OCH3 is 1. The van der Waals surface area contributed by atoms with Gasteiger partial charge in [-0.25, -0.2) is 4.79 Å². The van der Waals surface area contributed by atoms with Crippen molar-refractivity contribution in [3.05, 3.63) is 29.3 Å². The van der Waals surface area contributed by atoms with Crippen LogP contribution in [0.1, 0.15) is 11.1 Å². The Morgan fingerprint density at radius 2 is 2.17 bits per heavy atom. The van der Waals surface area contributed by atoms with Crippen molar-refractivity contribution in [2.24, 2.45) is 5.73 Å². The predicted octanol–water partition coefficient (Wildman–Crippen LogP) is 1.02. The van der Waals surface area contributed by atoms with Crippen molar-refractivity contribution in [3.8, 4) is 5.75 Å². The van der Waals surface area contributed by atoms with Crippen molar-refractivity contribution in [2.75, 3.05) is 27.2 Å². The lowest BCUT2D eigenvalue weighted by molar-refractivity contribution is 0.196. The minimum Gasteiger partial charge on any atom is -0.496 e. The molecule has 1 aliphatic heterocycles. The summed E-state index contributed by atoms with van der Waals surface area (Å²) < 4.78 is 5.32. The standard InChI is InChI=1S/C13H19N3O2/c1-15-5-6-16(13(15)17)9-11-7-10(8-14)3-4-12(11)18-2/h3-4,7H,5-6,8-9,14H2,1-2H3. The molecule has 0 aliphatic carbocycles. The Bertz CT molecular complexity index is 448. The molecule has 2 N–H and O–H groups in total. The third-order valence-electron chi connectivity index (χ3n) is 3.24. The van der Waals surface area contributed by atoms with Gasteiger partial charge in [-0.05, 0) is 17.7 Å². The van der Waals surface area contributed by atoms with Gasteiger partial charge in [-0.1, -0.05) is 6.07 Å². The highest BCUT2D eigenvalue weighted by Gasteiger charge is 2.25. The number of likely N-dealkylation sites (N-methyl/N-ethyl adjacent to an activating group) is 1. The number of nitrogens with two attached hydrogens (primary N) is 1. The zero-order valence-corrected chi connectivity index (χ0v) is 10.8. The van der Waals surface area contributed by atoms with E-state index in [9.17, 15) is 4.79 Å². The van der Waals surface area contributed by atoms with Crippen LogP contribution in [0.2, 0.25) is 0 Å². The number of ether oxygens (including phenoxy) is 1. The van der Waals surface area contributed by atoms with Gasteiger partial charge in [-0.2, -0.15) is 0 Å². The first-order valence-electron chi connectivity index (χ1n) is 6.01. The zero-order valence-electron chi connectivity index (χ0n) is 10.8. The first-order chi connectivity index (χ1) is 8.65. The molecule has 98 valence electrons. The van der Waals surface area contributed by atoms with Gasteiger partial charge in [0.05, 0.1) is 13.7 Å². The van der Waals surface area contributed by atoms with E-state index in [4.69, 9.17) is 10.5 Å². The minimum absolute atomic E-state index is 0.0650. The molecule has 0 spiro atoms. The number of carbonyl (C=O) groups excluding carboxylic acids is 1. The number of amides is 2. The van der Waals surface area contributed by atoms with E-state index in [0.29, 0.717) is 13.1 Å². The van der Waals surface area contributed by atoms with E-state index < -0.39 is 0 Å². The molecule has 1 saturated heterocycles. The van der Waals surface area contributed by atoms with E-state index in [0.717, 1.165) is 30.0 Å². The van der Waals surface area contributed by atoms with Crippen LogP contribution in [-0.2, 0) is 13.1 Å². The average Bonchev–Trinajstić information content (AvgIpc) is 2.70. The van der Waals surface area contributed by atoms with Gasteiger partial charge in [-0.15, -0.1) is 0 Å². The summed E-state index contributed by atoms with van der Waals surface area (Å²) in [6, 6.07) is 5.92. The van der Waals surface area contributed by atoms with Crippen LogP contribution >= 0.6 is 0 Å². The molecule has 2 rings (SSSR count). The number of hydrogen-bond acceptors (Lipinski definition) is 3. The molecular weight excluding hydrogens is 230 g/mol. The molecule has 1 aromatic carbocycles. The molecule has 2 amide bonds. The van der Waals surface area contributed by atoms with Gasteiger partial charge in [-0.3, -0.25) is 0 Å². The van der Waals surface area contributed by atoms with Crippen LogP contribution < -0.4 is 10.5 Å². The second kappa shape index (κ2) is 5.27. The highest BCUT2D eigenvalue weighted by Crippen LogP contribution is 2.23. The fourth-order valence-corrected chi connectivity index (χ4v) is 2.14. The smallest absolute Gasteiger partial charge is 0.320 e. The van der Waals surface area contributed by atoms with Crippen molar-refractivity contribution in [3.63, 3.8) is 0 Å². The molecule has 0 radical (unpaired) electrons. The molecule has 0 saturated carbocycles. The summed E-state index contributed by atoms with van der Waals surface area (Å²) in [7, 11) is 3.45. The predicted molar refractivity (Wildman–Crippen MR) is 69.3 cm³/mol. The second-order valence-electron chi connectivity index (χ2n) is 4.48. The molecule has 1 aliphatic rings. The second-order valence-corrected chi connectivity index (χ2v) is 4.48. The van der Waals surface area contributed by atoms with E-state index >= 15 is 0 Å². The third-order valence-corrected chi connectivity index (χ3v) is 3.24. The summed E-state index contributed by atoms with van der Waals surface area (Å²) in [5, 5.41) is 0. The molecule has 1 aromatic rings. The topological polar surface area (TPSA) is 58.8 Å². The molecule has 1 heterocycles. The highest BCUT2D eigenvalue weighted by atomic mass is 16.5. The number of urea groups is 1. The Kier molecular flexibility index (Phi) is 3.72. The van der Waals surface area contributed by atoms with E-state index in [1.54, 1.807) is 12.0 Å². The Morgan fingerprint density at radius 1 is 1.39 bits per heavy atom. The van der Waals surface area contributed by atoms with Crippen molar-refractivity contribution in [1.82, 2.24) is 9.80 Å². The molecule has 18 heavy (non-hydrogen) atoms. The van der Waals surface area contributed by atoms with Crippen LogP contribution in [-0.4, -0.2) is 43.1 Å². The van der Waals surface area contributed by atoms with Crippen molar-refractivity contribution >= 4 is 6.03 Å². The fraction of sp³-hybridized carbons (Fsp3) is 0.462. The van der Waals surface area contributed by atoms with Gasteiger partial charge in [0, 0.05) is 32.2 Å². The van der Waals surface area contributed by atoms with E-state index in [2.05, 4.69) is 0 Å². The van der Waals surface area contributed by atoms with Gasteiger partial charge in [0.1, 0.15) is 5.75 Å². The monoisotopic (exact) mass is 249 g/mol. The molecular formula is C13H19N3O2. The Balaban J connectivity index is 2.19. The number of hydrogen-bond donors (Lipinski definition) is 1. The summed E-state index contributed by atoms with van der Waals surface area (Å²) in [5.41, 5.74) is 7.69. The lowest BCUT2D eigenvalue weighted by Crippen LogP contribution is -2.29. The number of benzene rings is 1. The van der Waals surface area contributed by atoms with Crippen molar-refractivity contribution in [1.29, 1.82) is 0 Å². The van der Waals surface area contributed by atoms with Crippen LogP contribution in [0.3, 0.4) is 0 Å². The Labute approximate surface area is 107 Å². The molecule has 0 atom stereocenters. The van der Waals surface area contributed by atoms with Gasteiger partial charge in [0.15, 0.2) is 0 Å². The number of rotatable bonds is 4. The first kappa shape index (κ1) is 12.7. The third kappa shape index (κ3) is 2.41. The molecule has 0 bridgehead atoms. The SMILES string of the molecule is COc1ccc(CN)cc1CN1CCN(C)C1=O. The number of nitrogens with zero attached hydrogens (tertiary/aromatic N) is 2. The zero-order chi connectivity index (χ0) is 13.1. The van der Waals surface area contributed by atoms with E-state index in [1.807, 2.05) is 30.1 Å². The van der Waals surface area contributed by atoms with Gasteiger partial charge < -0.3 is 20.3 Å². The minimum atomic E-state index is 0.0650. The normalized spacial score (nSPS) is 15.4. The lowest BCUT2D eigenvalue weighted by atomic mass is 10.1.